The topological polar surface area (TPSA) is 53.9 Å². The molecule has 0 bridgehead atoms. The van der Waals surface area contributed by atoms with E-state index >= 15 is 0 Å². The summed E-state index contributed by atoms with van der Waals surface area (Å²) in [4.78, 5) is 14.7. The summed E-state index contributed by atoms with van der Waals surface area (Å²) in [5, 5.41) is 7.06. The van der Waals surface area contributed by atoms with Crippen LogP contribution >= 0.6 is 12.2 Å². The lowest BCUT2D eigenvalue weighted by Crippen LogP contribution is -2.46. The van der Waals surface area contributed by atoms with Gasteiger partial charge >= 0.3 is 0 Å². The number of carbonyl (C=O) groups excluding carboxylic acids is 1. The van der Waals surface area contributed by atoms with E-state index in [9.17, 15) is 4.79 Å². The van der Waals surface area contributed by atoms with Crippen molar-refractivity contribution in [3.63, 3.8) is 0 Å². The molecule has 1 amide bonds. The van der Waals surface area contributed by atoms with Crippen LogP contribution in [0.1, 0.15) is 51.3 Å². The van der Waals surface area contributed by atoms with Gasteiger partial charge in [-0.05, 0) is 43.3 Å². The van der Waals surface area contributed by atoms with E-state index in [1.807, 2.05) is 4.57 Å². The van der Waals surface area contributed by atoms with Crippen molar-refractivity contribution < 1.29 is 4.79 Å². The number of piperidine rings is 1. The fourth-order valence-corrected chi connectivity index (χ4v) is 4.21. The summed E-state index contributed by atoms with van der Waals surface area (Å²) in [6.45, 7) is 4.30. The van der Waals surface area contributed by atoms with Gasteiger partial charge in [0.25, 0.3) is 0 Å². The molecular formula is C16H26N4OS. The zero-order chi connectivity index (χ0) is 15.5. The van der Waals surface area contributed by atoms with Gasteiger partial charge in [-0.25, -0.2) is 0 Å². The molecule has 2 aliphatic rings. The number of amides is 1. The van der Waals surface area contributed by atoms with E-state index in [0.29, 0.717) is 11.3 Å². The van der Waals surface area contributed by atoms with Crippen LogP contribution < -0.4 is 0 Å². The molecule has 0 aromatic carbocycles. The zero-order valence-corrected chi connectivity index (χ0v) is 14.2. The van der Waals surface area contributed by atoms with E-state index in [1.165, 1.54) is 32.1 Å². The SMILES string of the molecule is CCCc1n[nH]c(=S)n1CC(=O)N1CC[C@H]2CCCC[C@H]2C1. The minimum Gasteiger partial charge on any atom is -0.341 e. The van der Waals surface area contributed by atoms with Crippen LogP contribution in [0, 0.1) is 16.6 Å². The van der Waals surface area contributed by atoms with Gasteiger partial charge in [0, 0.05) is 19.5 Å². The lowest BCUT2D eigenvalue weighted by molar-refractivity contribution is -0.135. The minimum atomic E-state index is 0.193. The number of H-pyrrole nitrogens is 1. The van der Waals surface area contributed by atoms with Crippen molar-refractivity contribution in [3.8, 4) is 0 Å². The molecule has 1 aliphatic carbocycles. The second-order valence-electron chi connectivity index (χ2n) is 6.71. The van der Waals surface area contributed by atoms with Gasteiger partial charge in [-0.2, -0.15) is 5.10 Å². The minimum absolute atomic E-state index is 0.193. The number of likely N-dealkylation sites (tertiary alicyclic amines) is 1. The largest absolute Gasteiger partial charge is 0.341 e. The first-order valence-corrected chi connectivity index (χ1v) is 9.01. The Labute approximate surface area is 137 Å². The van der Waals surface area contributed by atoms with Crippen LogP contribution in [0.2, 0.25) is 0 Å². The first-order valence-electron chi connectivity index (χ1n) is 8.61. The number of carbonyl (C=O) groups is 1. The van der Waals surface area contributed by atoms with Gasteiger partial charge in [-0.1, -0.05) is 26.2 Å². The van der Waals surface area contributed by atoms with Gasteiger partial charge < -0.3 is 4.90 Å². The molecule has 22 heavy (non-hydrogen) atoms. The Hall–Kier alpha value is -1.17. The number of aryl methyl sites for hydroxylation is 1. The molecule has 2 atom stereocenters. The van der Waals surface area contributed by atoms with Crippen LogP contribution in [0.3, 0.4) is 0 Å². The van der Waals surface area contributed by atoms with E-state index in [0.717, 1.165) is 43.6 Å². The number of rotatable bonds is 4. The second kappa shape index (κ2) is 6.94. The van der Waals surface area contributed by atoms with Crippen LogP contribution in [0.5, 0.6) is 0 Å². The summed E-state index contributed by atoms with van der Waals surface area (Å²) in [5.74, 6) is 2.66. The number of aromatic amines is 1. The summed E-state index contributed by atoms with van der Waals surface area (Å²) >= 11 is 5.27. The molecule has 122 valence electrons. The zero-order valence-electron chi connectivity index (χ0n) is 13.4. The molecule has 1 aromatic rings. The van der Waals surface area contributed by atoms with Gasteiger partial charge in [-0.15, -0.1) is 0 Å². The number of fused-ring (bicyclic) bond motifs is 1. The lowest BCUT2D eigenvalue weighted by atomic mass is 9.75. The predicted octanol–water partition coefficient (Wildman–Crippen LogP) is 2.93. The van der Waals surface area contributed by atoms with E-state index in [4.69, 9.17) is 12.2 Å². The fourth-order valence-electron chi connectivity index (χ4n) is 3.99. The third-order valence-electron chi connectivity index (χ3n) is 5.25. The Kier molecular flexibility index (Phi) is 4.96. The van der Waals surface area contributed by atoms with Crippen LogP contribution in [0.15, 0.2) is 0 Å². The molecule has 2 fully saturated rings. The van der Waals surface area contributed by atoms with Crippen LogP contribution in [-0.2, 0) is 17.8 Å². The Morgan fingerprint density at radius 3 is 2.86 bits per heavy atom. The first kappa shape index (κ1) is 15.7. The van der Waals surface area contributed by atoms with Crippen LogP contribution in [0.4, 0.5) is 0 Å². The highest BCUT2D eigenvalue weighted by Crippen LogP contribution is 2.36. The molecule has 1 saturated carbocycles. The van der Waals surface area contributed by atoms with Crippen LogP contribution in [-0.4, -0.2) is 38.7 Å². The molecule has 1 saturated heterocycles. The molecule has 0 radical (unpaired) electrons. The monoisotopic (exact) mass is 322 g/mol. The predicted molar refractivity (Wildman–Crippen MR) is 88.1 cm³/mol. The maximum Gasteiger partial charge on any atom is 0.242 e. The molecule has 0 spiro atoms. The smallest absolute Gasteiger partial charge is 0.242 e. The Balaban J connectivity index is 1.65. The van der Waals surface area contributed by atoms with Crippen molar-refractivity contribution in [3.05, 3.63) is 10.6 Å². The number of aromatic nitrogens is 3. The Morgan fingerprint density at radius 1 is 1.32 bits per heavy atom. The summed E-state index contributed by atoms with van der Waals surface area (Å²) in [5.41, 5.74) is 0. The van der Waals surface area contributed by atoms with Crippen molar-refractivity contribution in [2.45, 2.75) is 58.4 Å². The van der Waals surface area contributed by atoms with Crippen molar-refractivity contribution in [1.29, 1.82) is 0 Å². The average Bonchev–Trinajstić information content (AvgIpc) is 2.88. The maximum atomic E-state index is 12.7. The molecule has 0 unspecified atom stereocenters. The number of nitrogens with zero attached hydrogens (tertiary/aromatic N) is 3. The number of hydrogen-bond donors (Lipinski definition) is 1. The van der Waals surface area contributed by atoms with Gasteiger partial charge in [-0.3, -0.25) is 14.5 Å². The molecule has 2 heterocycles. The van der Waals surface area contributed by atoms with E-state index < -0.39 is 0 Å². The third kappa shape index (κ3) is 3.26. The van der Waals surface area contributed by atoms with Crippen molar-refractivity contribution in [1.82, 2.24) is 19.7 Å². The second-order valence-corrected chi connectivity index (χ2v) is 7.10. The number of hydrogen-bond acceptors (Lipinski definition) is 3. The third-order valence-corrected chi connectivity index (χ3v) is 5.56. The quantitative estimate of drug-likeness (QED) is 0.867. The molecule has 1 N–H and O–H groups in total. The highest BCUT2D eigenvalue weighted by molar-refractivity contribution is 7.71. The summed E-state index contributed by atoms with van der Waals surface area (Å²) in [6.07, 6.45) is 8.39. The Bertz CT molecular complexity index is 579. The summed E-state index contributed by atoms with van der Waals surface area (Å²) in [6, 6.07) is 0. The molecule has 5 nitrogen and oxygen atoms in total. The molecule has 3 rings (SSSR count). The van der Waals surface area contributed by atoms with E-state index in [-0.39, 0.29) is 5.91 Å². The van der Waals surface area contributed by atoms with Gasteiger partial charge in [0.15, 0.2) is 4.77 Å². The Morgan fingerprint density at radius 2 is 2.09 bits per heavy atom. The molecular weight excluding hydrogens is 296 g/mol. The molecule has 1 aromatic heterocycles. The first-order chi connectivity index (χ1) is 10.7. The lowest BCUT2D eigenvalue weighted by Gasteiger charge is -2.41. The highest BCUT2D eigenvalue weighted by Gasteiger charge is 2.33. The van der Waals surface area contributed by atoms with E-state index in [1.54, 1.807) is 0 Å². The van der Waals surface area contributed by atoms with E-state index in [2.05, 4.69) is 22.0 Å². The maximum absolute atomic E-state index is 12.7. The molecule has 6 heteroatoms. The number of nitrogens with one attached hydrogen (secondary N) is 1. The van der Waals surface area contributed by atoms with Crippen molar-refractivity contribution in [2.75, 3.05) is 13.1 Å². The summed E-state index contributed by atoms with van der Waals surface area (Å²) < 4.78 is 2.43. The highest BCUT2D eigenvalue weighted by atomic mass is 32.1. The van der Waals surface area contributed by atoms with Crippen LogP contribution in [0.25, 0.3) is 0 Å². The standard InChI is InChI=1S/C16H26N4OS/c1-2-5-14-17-18-16(22)20(14)11-15(21)19-9-8-12-6-3-4-7-13(12)10-19/h12-13H,2-11H2,1H3,(H,18,22)/t12-,13+/m1/s1. The average molecular weight is 322 g/mol. The van der Waals surface area contributed by atoms with Gasteiger partial charge in [0.2, 0.25) is 5.91 Å². The van der Waals surface area contributed by atoms with Crippen molar-refractivity contribution in [2.24, 2.45) is 11.8 Å². The summed E-state index contributed by atoms with van der Waals surface area (Å²) in [7, 11) is 0. The normalized spacial score (nSPS) is 25.0. The van der Waals surface area contributed by atoms with Gasteiger partial charge in [0.1, 0.15) is 12.4 Å². The molecule has 1 aliphatic heterocycles. The fraction of sp³-hybridized carbons (Fsp3) is 0.812. The van der Waals surface area contributed by atoms with Crippen molar-refractivity contribution >= 4 is 18.1 Å². The van der Waals surface area contributed by atoms with Gasteiger partial charge in [0.05, 0.1) is 0 Å².